The molecule has 10 heteroatoms. The predicted octanol–water partition coefficient (Wildman–Crippen LogP) is 2.02. The number of hydrogen-bond acceptors (Lipinski definition) is 7. The highest BCUT2D eigenvalue weighted by molar-refractivity contribution is 5.86. The van der Waals surface area contributed by atoms with E-state index in [1.807, 2.05) is 25.3 Å². The molecule has 2 unspecified atom stereocenters. The molecule has 3 aromatic rings. The predicted molar refractivity (Wildman–Crippen MR) is 103 cm³/mol. The Labute approximate surface area is 161 Å². The highest BCUT2D eigenvalue weighted by Gasteiger charge is 2.33. The molecule has 0 aliphatic carbocycles. The van der Waals surface area contributed by atoms with Crippen molar-refractivity contribution >= 4 is 23.1 Å². The number of carboxylic acid groups (broad SMARTS) is 1. The number of nitrogens with zero attached hydrogens (tertiary/aromatic N) is 7. The molecular formula is C18H22N8O2. The lowest BCUT2D eigenvalue weighted by Crippen LogP contribution is -2.31. The van der Waals surface area contributed by atoms with Gasteiger partial charge in [0, 0.05) is 38.1 Å². The van der Waals surface area contributed by atoms with Gasteiger partial charge in [-0.25, -0.2) is 29.7 Å². The van der Waals surface area contributed by atoms with Crippen molar-refractivity contribution in [3.05, 3.63) is 24.5 Å². The standard InChI is InChI=1S/C18H22N8O2/c1-4-26-16(12-5-19-11(3)20-6-12)24-14-15(21-9-22-17(14)26)23-13-8-25(18(27)28)7-10(13)2/h5-6,9-10,13H,4,7-8H2,1-3H3,(H,27,28)(H,21,22,23). The number of fused-ring (bicyclic) bond motifs is 1. The van der Waals surface area contributed by atoms with Crippen LogP contribution in [0, 0.1) is 12.8 Å². The molecule has 0 aromatic carbocycles. The largest absolute Gasteiger partial charge is 0.465 e. The molecule has 2 atom stereocenters. The number of aryl methyl sites for hydroxylation is 2. The molecule has 0 saturated carbocycles. The van der Waals surface area contributed by atoms with Crippen molar-refractivity contribution in [2.75, 3.05) is 18.4 Å². The molecule has 3 aromatic heterocycles. The summed E-state index contributed by atoms with van der Waals surface area (Å²) in [6.45, 7) is 7.48. The van der Waals surface area contributed by atoms with Crippen molar-refractivity contribution in [1.29, 1.82) is 0 Å². The van der Waals surface area contributed by atoms with Crippen LogP contribution in [0.3, 0.4) is 0 Å². The van der Waals surface area contributed by atoms with Gasteiger partial charge in [-0.2, -0.15) is 0 Å². The fourth-order valence-electron chi connectivity index (χ4n) is 3.56. The van der Waals surface area contributed by atoms with Gasteiger partial charge in [0.15, 0.2) is 17.0 Å². The fourth-order valence-corrected chi connectivity index (χ4v) is 3.56. The number of aromatic nitrogens is 6. The number of nitrogens with one attached hydrogen (secondary N) is 1. The Morgan fingerprint density at radius 1 is 1.25 bits per heavy atom. The van der Waals surface area contributed by atoms with Crippen LogP contribution >= 0.6 is 0 Å². The molecule has 0 spiro atoms. The van der Waals surface area contributed by atoms with Crippen LogP contribution in [-0.4, -0.2) is 64.7 Å². The normalized spacial score (nSPS) is 19.3. The van der Waals surface area contributed by atoms with E-state index < -0.39 is 6.09 Å². The van der Waals surface area contributed by atoms with Crippen molar-refractivity contribution in [2.45, 2.75) is 33.4 Å². The minimum absolute atomic E-state index is 0.0351. The number of carbonyl (C=O) groups is 1. The lowest BCUT2D eigenvalue weighted by atomic mass is 10.1. The summed E-state index contributed by atoms with van der Waals surface area (Å²) in [6, 6.07) is -0.0351. The summed E-state index contributed by atoms with van der Waals surface area (Å²) in [4.78, 5) is 34.8. The van der Waals surface area contributed by atoms with Gasteiger partial charge < -0.3 is 19.9 Å². The number of imidazole rings is 1. The third-order valence-electron chi connectivity index (χ3n) is 5.09. The van der Waals surface area contributed by atoms with Crippen LogP contribution in [0.1, 0.15) is 19.7 Å². The first-order chi connectivity index (χ1) is 13.5. The number of rotatable bonds is 4. The molecule has 146 valence electrons. The molecule has 1 fully saturated rings. The van der Waals surface area contributed by atoms with Gasteiger partial charge in [-0.15, -0.1) is 0 Å². The zero-order chi connectivity index (χ0) is 19.8. The lowest BCUT2D eigenvalue weighted by Gasteiger charge is -2.16. The van der Waals surface area contributed by atoms with Crippen molar-refractivity contribution in [3.8, 4) is 11.4 Å². The van der Waals surface area contributed by atoms with Crippen LogP contribution in [0.4, 0.5) is 10.6 Å². The third kappa shape index (κ3) is 3.10. The summed E-state index contributed by atoms with van der Waals surface area (Å²) < 4.78 is 2.00. The van der Waals surface area contributed by atoms with E-state index in [4.69, 9.17) is 4.98 Å². The third-order valence-corrected chi connectivity index (χ3v) is 5.09. The second-order valence-corrected chi connectivity index (χ2v) is 7.01. The fraction of sp³-hybridized carbons (Fsp3) is 0.444. The number of anilines is 1. The van der Waals surface area contributed by atoms with Crippen molar-refractivity contribution < 1.29 is 9.90 Å². The molecule has 1 aliphatic heterocycles. The summed E-state index contributed by atoms with van der Waals surface area (Å²) in [6.07, 6.45) is 4.10. The van der Waals surface area contributed by atoms with Crippen LogP contribution in [0.5, 0.6) is 0 Å². The molecule has 4 heterocycles. The highest BCUT2D eigenvalue weighted by atomic mass is 16.4. The van der Waals surface area contributed by atoms with Gasteiger partial charge >= 0.3 is 6.09 Å². The smallest absolute Gasteiger partial charge is 0.407 e. The SMILES string of the molecule is CCn1c(-c2cnc(C)nc2)nc2c(NC3CN(C(=O)O)CC3C)ncnc21. The molecule has 28 heavy (non-hydrogen) atoms. The van der Waals surface area contributed by atoms with Gasteiger partial charge in [0.05, 0.1) is 5.56 Å². The summed E-state index contributed by atoms with van der Waals surface area (Å²) in [5, 5.41) is 12.6. The average molecular weight is 382 g/mol. The summed E-state index contributed by atoms with van der Waals surface area (Å²) >= 11 is 0. The average Bonchev–Trinajstić information content (AvgIpc) is 3.24. The molecule has 1 saturated heterocycles. The number of likely N-dealkylation sites (tertiary alicyclic amines) is 1. The zero-order valence-electron chi connectivity index (χ0n) is 16.0. The van der Waals surface area contributed by atoms with Gasteiger partial charge in [-0.05, 0) is 19.8 Å². The van der Waals surface area contributed by atoms with E-state index in [1.54, 1.807) is 12.4 Å². The van der Waals surface area contributed by atoms with Gasteiger partial charge in [0.1, 0.15) is 18.0 Å². The summed E-state index contributed by atoms with van der Waals surface area (Å²) in [5.74, 6) is 2.20. The highest BCUT2D eigenvalue weighted by Crippen LogP contribution is 2.28. The summed E-state index contributed by atoms with van der Waals surface area (Å²) in [5.41, 5.74) is 2.18. The van der Waals surface area contributed by atoms with Gasteiger partial charge in [0.2, 0.25) is 0 Å². The Morgan fingerprint density at radius 3 is 2.64 bits per heavy atom. The monoisotopic (exact) mass is 382 g/mol. The zero-order valence-corrected chi connectivity index (χ0v) is 16.0. The Bertz CT molecular complexity index is 1020. The molecule has 1 aliphatic rings. The Morgan fingerprint density at radius 2 is 2.00 bits per heavy atom. The van der Waals surface area contributed by atoms with Gasteiger partial charge in [-0.1, -0.05) is 6.92 Å². The minimum atomic E-state index is -0.902. The minimum Gasteiger partial charge on any atom is -0.465 e. The van der Waals surface area contributed by atoms with E-state index in [9.17, 15) is 9.90 Å². The Hall–Kier alpha value is -3.30. The maximum absolute atomic E-state index is 11.3. The Balaban J connectivity index is 1.72. The topological polar surface area (TPSA) is 122 Å². The molecule has 2 N–H and O–H groups in total. The van der Waals surface area contributed by atoms with Crippen LogP contribution in [0.15, 0.2) is 18.7 Å². The van der Waals surface area contributed by atoms with E-state index >= 15 is 0 Å². The quantitative estimate of drug-likeness (QED) is 0.703. The van der Waals surface area contributed by atoms with E-state index in [0.717, 1.165) is 17.0 Å². The maximum Gasteiger partial charge on any atom is 0.407 e. The molecular weight excluding hydrogens is 360 g/mol. The van der Waals surface area contributed by atoms with E-state index in [-0.39, 0.29) is 12.0 Å². The van der Waals surface area contributed by atoms with Crippen molar-refractivity contribution in [2.24, 2.45) is 5.92 Å². The van der Waals surface area contributed by atoms with E-state index in [2.05, 4.69) is 25.3 Å². The lowest BCUT2D eigenvalue weighted by molar-refractivity contribution is 0.154. The van der Waals surface area contributed by atoms with Crippen molar-refractivity contribution in [1.82, 2.24) is 34.4 Å². The van der Waals surface area contributed by atoms with Crippen LogP contribution < -0.4 is 5.32 Å². The molecule has 0 radical (unpaired) electrons. The number of hydrogen-bond donors (Lipinski definition) is 2. The molecule has 1 amide bonds. The first kappa shape index (κ1) is 18.1. The van der Waals surface area contributed by atoms with Crippen LogP contribution in [0.25, 0.3) is 22.6 Å². The maximum atomic E-state index is 11.3. The molecule has 4 rings (SSSR count). The second-order valence-electron chi connectivity index (χ2n) is 7.01. The first-order valence-corrected chi connectivity index (χ1v) is 9.22. The second kappa shape index (κ2) is 7.02. The van der Waals surface area contributed by atoms with Gasteiger partial charge in [-0.3, -0.25) is 0 Å². The molecule has 0 bridgehead atoms. The van der Waals surface area contributed by atoms with E-state index in [1.165, 1.54) is 11.2 Å². The Kier molecular flexibility index (Phi) is 4.54. The van der Waals surface area contributed by atoms with Gasteiger partial charge in [0.25, 0.3) is 0 Å². The van der Waals surface area contributed by atoms with Crippen LogP contribution in [-0.2, 0) is 6.54 Å². The van der Waals surface area contributed by atoms with Crippen molar-refractivity contribution in [3.63, 3.8) is 0 Å². The summed E-state index contributed by atoms with van der Waals surface area (Å²) in [7, 11) is 0. The first-order valence-electron chi connectivity index (χ1n) is 9.22. The molecule has 10 nitrogen and oxygen atoms in total. The van der Waals surface area contributed by atoms with E-state index in [0.29, 0.717) is 36.8 Å². The van der Waals surface area contributed by atoms with Crippen LogP contribution in [0.2, 0.25) is 0 Å². The number of amides is 1.